The summed E-state index contributed by atoms with van der Waals surface area (Å²) < 4.78 is 32.1. The molecule has 0 fully saturated rings. The van der Waals surface area contributed by atoms with Crippen molar-refractivity contribution in [2.24, 2.45) is 0 Å². The van der Waals surface area contributed by atoms with Gasteiger partial charge in [0.15, 0.2) is 11.6 Å². The number of aromatic carboxylic acids is 1. The van der Waals surface area contributed by atoms with E-state index in [-0.39, 0.29) is 16.9 Å². The number of carbonyl (C=O) groups is 1. The Morgan fingerprint density at radius 2 is 1.84 bits per heavy atom. The van der Waals surface area contributed by atoms with Crippen LogP contribution in [0.15, 0.2) is 36.4 Å². The topological polar surface area (TPSA) is 46.5 Å². The van der Waals surface area contributed by atoms with Gasteiger partial charge in [-0.1, -0.05) is 12.1 Å². The minimum absolute atomic E-state index is 0.0614. The molecule has 3 nitrogen and oxygen atoms in total. The number of methoxy groups -OCH3 is 1. The van der Waals surface area contributed by atoms with Crippen LogP contribution in [-0.4, -0.2) is 18.2 Å². The van der Waals surface area contributed by atoms with Gasteiger partial charge >= 0.3 is 5.97 Å². The highest BCUT2D eigenvalue weighted by Gasteiger charge is 2.12. The van der Waals surface area contributed by atoms with Crippen molar-refractivity contribution in [3.05, 3.63) is 53.6 Å². The van der Waals surface area contributed by atoms with E-state index in [1.807, 2.05) is 0 Å². The van der Waals surface area contributed by atoms with Gasteiger partial charge < -0.3 is 9.84 Å². The molecule has 0 unspecified atom stereocenters. The molecule has 0 saturated heterocycles. The van der Waals surface area contributed by atoms with Gasteiger partial charge in [0.25, 0.3) is 0 Å². The average molecular weight is 264 g/mol. The summed E-state index contributed by atoms with van der Waals surface area (Å²) in [5.74, 6) is -2.48. The molecule has 0 atom stereocenters. The Morgan fingerprint density at radius 3 is 2.37 bits per heavy atom. The highest BCUT2D eigenvalue weighted by molar-refractivity contribution is 5.88. The molecule has 5 heteroatoms. The molecule has 19 heavy (non-hydrogen) atoms. The summed E-state index contributed by atoms with van der Waals surface area (Å²) in [6.45, 7) is 0. The number of halogens is 2. The number of rotatable bonds is 3. The molecule has 0 aliphatic rings. The average Bonchev–Trinajstić information content (AvgIpc) is 2.38. The number of benzene rings is 2. The standard InChI is InChI=1S/C14H10F2O3/c1-19-13-5-3-8(6-12(13)16)10-4-2-9(14(17)18)7-11(10)15/h2-7H,1H3,(H,17,18). The Bertz CT molecular complexity index is 639. The zero-order valence-corrected chi connectivity index (χ0v) is 9.98. The molecule has 0 bridgehead atoms. The Balaban J connectivity index is 2.47. The van der Waals surface area contributed by atoms with E-state index in [0.717, 1.165) is 12.1 Å². The van der Waals surface area contributed by atoms with Crippen LogP contribution in [0.3, 0.4) is 0 Å². The van der Waals surface area contributed by atoms with E-state index in [1.165, 1.54) is 31.4 Å². The lowest BCUT2D eigenvalue weighted by atomic mass is 10.0. The fourth-order valence-corrected chi connectivity index (χ4v) is 1.72. The molecule has 0 heterocycles. The second-order valence-electron chi connectivity index (χ2n) is 3.85. The fourth-order valence-electron chi connectivity index (χ4n) is 1.72. The second kappa shape index (κ2) is 5.06. The summed E-state index contributed by atoms with van der Waals surface area (Å²) in [7, 11) is 1.33. The SMILES string of the molecule is COc1ccc(-c2ccc(C(=O)O)cc2F)cc1F. The van der Waals surface area contributed by atoms with Crippen LogP contribution < -0.4 is 4.74 Å². The van der Waals surface area contributed by atoms with Gasteiger partial charge in [0, 0.05) is 5.56 Å². The maximum absolute atomic E-state index is 13.8. The van der Waals surface area contributed by atoms with Crippen LogP contribution in [0.1, 0.15) is 10.4 Å². The molecule has 0 aromatic heterocycles. The lowest BCUT2D eigenvalue weighted by molar-refractivity contribution is 0.0696. The molecule has 98 valence electrons. The molecule has 0 saturated carbocycles. The molecule has 0 spiro atoms. The first-order chi connectivity index (χ1) is 9.02. The molecule has 2 aromatic rings. The van der Waals surface area contributed by atoms with E-state index >= 15 is 0 Å². The highest BCUT2D eigenvalue weighted by atomic mass is 19.1. The van der Waals surface area contributed by atoms with Crippen molar-refractivity contribution < 1.29 is 23.4 Å². The van der Waals surface area contributed by atoms with E-state index in [9.17, 15) is 13.6 Å². The van der Waals surface area contributed by atoms with Crippen LogP contribution >= 0.6 is 0 Å². The first-order valence-electron chi connectivity index (χ1n) is 5.39. The van der Waals surface area contributed by atoms with Gasteiger partial charge in [-0.05, 0) is 29.8 Å². The van der Waals surface area contributed by atoms with Crippen molar-refractivity contribution in [1.82, 2.24) is 0 Å². The van der Waals surface area contributed by atoms with Crippen LogP contribution in [0.2, 0.25) is 0 Å². The van der Waals surface area contributed by atoms with Gasteiger partial charge in [0.05, 0.1) is 12.7 Å². The van der Waals surface area contributed by atoms with Crippen LogP contribution in [0, 0.1) is 11.6 Å². The van der Waals surface area contributed by atoms with Crippen LogP contribution in [0.25, 0.3) is 11.1 Å². The van der Waals surface area contributed by atoms with Crippen LogP contribution in [-0.2, 0) is 0 Å². The van der Waals surface area contributed by atoms with E-state index in [1.54, 1.807) is 0 Å². The Labute approximate surface area is 108 Å². The van der Waals surface area contributed by atoms with Gasteiger partial charge in [-0.25, -0.2) is 13.6 Å². The Kier molecular flexibility index (Phi) is 3.46. The highest BCUT2D eigenvalue weighted by Crippen LogP contribution is 2.27. The predicted molar refractivity (Wildman–Crippen MR) is 65.3 cm³/mol. The van der Waals surface area contributed by atoms with E-state index < -0.39 is 17.6 Å². The Morgan fingerprint density at radius 1 is 1.11 bits per heavy atom. The van der Waals surface area contributed by atoms with Gasteiger partial charge in [0.2, 0.25) is 0 Å². The smallest absolute Gasteiger partial charge is 0.335 e. The van der Waals surface area contributed by atoms with Crippen molar-refractivity contribution in [1.29, 1.82) is 0 Å². The molecular weight excluding hydrogens is 254 g/mol. The van der Waals surface area contributed by atoms with E-state index in [4.69, 9.17) is 9.84 Å². The summed E-state index contributed by atoms with van der Waals surface area (Å²) in [6.07, 6.45) is 0. The fraction of sp³-hybridized carbons (Fsp3) is 0.0714. The molecule has 0 aliphatic heterocycles. The minimum atomic E-state index is -1.22. The molecule has 0 radical (unpaired) electrons. The monoisotopic (exact) mass is 264 g/mol. The summed E-state index contributed by atoms with van der Waals surface area (Å²) in [6, 6.07) is 7.50. The molecule has 2 rings (SSSR count). The number of hydrogen-bond acceptors (Lipinski definition) is 2. The van der Waals surface area contributed by atoms with E-state index in [0.29, 0.717) is 5.56 Å². The molecule has 0 aliphatic carbocycles. The number of carboxylic acids is 1. The van der Waals surface area contributed by atoms with Crippen LogP contribution in [0.4, 0.5) is 8.78 Å². The quantitative estimate of drug-likeness (QED) is 0.924. The summed E-state index contributed by atoms with van der Waals surface area (Å²) in [5.41, 5.74) is 0.287. The van der Waals surface area contributed by atoms with Gasteiger partial charge in [-0.2, -0.15) is 0 Å². The molecular formula is C14H10F2O3. The zero-order chi connectivity index (χ0) is 14.0. The molecule has 2 aromatic carbocycles. The second-order valence-corrected chi connectivity index (χ2v) is 3.85. The lowest BCUT2D eigenvalue weighted by Crippen LogP contribution is -1.98. The van der Waals surface area contributed by atoms with E-state index in [2.05, 4.69) is 0 Å². The first-order valence-corrected chi connectivity index (χ1v) is 5.39. The van der Waals surface area contributed by atoms with Crippen LogP contribution in [0.5, 0.6) is 5.75 Å². The number of hydrogen-bond donors (Lipinski definition) is 1. The number of ether oxygens (including phenoxy) is 1. The van der Waals surface area contributed by atoms with Crippen molar-refractivity contribution in [2.45, 2.75) is 0 Å². The van der Waals surface area contributed by atoms with Crippen molar-refractivity contribution in [3.8, 4) is 16.9 Å². The summed E-state index contributed by atoms with van der Waals surface area (Å²) in [4.78, 5) is 10.7. The van der Waals surface area contributed by atoms with Gasteiger partial charge in [-0.3, -0.25) is 0 Å². The van der Waals surface area contributed by atoms with Crippen molar-refractivity contribution in [3.63, 3.8) is 0 Å². The zero-order valence-electron chi connectivity index (χ0n) is 9.98. The summed E-state index contributed by atoms with van der Waals surface area (Å²) >= 11 is 0. The third-order valence-corrected chi connectivity index (χ3v) is 2.68. The minimum Gasteiger partial charge on any atom is -0.494 e. The Hall–Kier alpha value is -2.43. The normalized spacial score (nSPS) is 10.3. The maximum atomic E-state index is 13.8. The third-order valence-electron chi connectivity index (χ3n) is 2.68. The first kappa shape index (κ1) is 13.0. The molecule has 1 N–H and O–H groups in total. The summed E-state index contributed by atoms with van der Waals surface area (Å²) in [5, 5.41) is 8.74. The van der Waals surface area contributed by atoms with Gasteiger partial charge in [-0.15, -0.1) is 0 Å². The molecule has 0 amide bonds. The van der Waals surface area contributed by atoms with Crippen molar-refractivity contribution >= 4 is 5.97 Å². The lowest BCUT2D eigenvalue weighted by Gasteiger charge is -2.07. The van der Waals surface area contributed by atoms with Gasteiger partial charge in [0.1, 0.15) is 5.82 Å². The maximum Gasteiger partial charge on any atom is 0.335 e. The largest absolute Gasteiger partial charge is 0.494 e. The predicted octanol–water partition coefficient (Wildman–Crippen LogP) is 3.34. The van der Waals surface area contributed by atoms with Crippen molar-refractivity contribution in [2.75, 3.05) is 7.11 Å². The number of carboxylic acid groups (broad SMARTS) is 1. The third kappa shape index (κ3) is 2.54.